The lowest BCUT2D eigenvalue weighted by Crippen LogP contribution is -2.10. The van der Waals surface area contributed by atoms with Gasteiger partial charge < -0.3 is 11.1 Å². The fourth-order valence-corrected chi connectivity index (χ4v) is 1.57. The molecule has 1 heterocycles. The summed E-state index contributed by atoms with van der Waals surface area (Å²) in [5.74, 6) is 1.25. The minimum absolute atomic E-state index is 0.351. The Balaban J connectivity index is 2.84. The van der Waals surface area contributed by atoms with E-state index in [1.807, 2.05) is 6.92 Å². The molecule has 0 aromatic carbocycles. The maximum Gasteiger partial charge on any atom is 0.222 e. The van der Waals surface area contributed by atoms with Crippen LogP contribution in [-0.2, 0) is 6.42 Å². The molecule has 3 N–H and O–H groups in total. The summed E-state index contributed by atoms with van der Waals surface area (Å²) < 4.78 is 0. The topological polar surface area (TPSA) is 63.8 Å². The molecular weight excluding hydrogens is 188 g/mol. The van der Waals surface area contributed by atoms with E-state index in [-0.39, 0.29) is 0 Å². The summed E-state index contributed by atoms with van der Waals surface area (Å²) in [6.45, 7) is 7.19. The average molecular weight is 208 g/mol. The highest BCUT2D eigenvalue weighted by Crippen LogP contribution is 2.17. The highest BCUT2D eigenvalue weighted by Gasteiger charge is 2.07. The van der Waals surface area contributed by atoms with Gasteiger partial charge in [0.15, 0.2) is 0 Å². The number of aryl methyl sites for hydroxylation is 1. The Morgan fingerprint density at radius 2 is 2.00 bits per heavy atom. The highest BCUT2D eigenvalue weighted by atomic mass is 15.1. The summed E-state index contributed by atoms with van der Waals surface area (Å²) in [4.78, 5) is 8.39. The monoisotopic (exact) mass is 208 g/mol. The van der Waals surface area contributed by atoms with E-state index in [4.69, 9.17) is 5.73 Å². The first-order valence-corrected chi connectivity index (χ1v) is 5.55. The maximum absolute atomic E-state index is 5.63. The molecule has 0 fully saturated rings. The summed E-state index contributed by atoms with van der Waals surface area (Å²) in [6.07, 6.45) is 3.25. The van der Waals surface area contributed by atoms with Gasteiger partial charge in [-0.25, -0.2) is 4.98 Å². The van der Waals surface area contributed by atoms with Crippen molar-refractivity contribution in [3.63, 3.8) is 0 Å². The van der Waals surface area contributed by atoms with Gasteiger partial charge in [0.25, 0.3) is 0 Å². The third-order valence-electron chi connectivity index (χ3n) is 2.41. The van der Waals surface area contributed by atoms with Crippen molar-refractivity contribution < 1.29 is 0 Å². The number of nitrogens with one attached hydrogen (secondary N) is 1. The zero-order valence-corrected chi connectivity index (χ0v) is 9.80. The molecule has 1 aromatic heterocycles. The van der Waals surface area contributed by atoms with Gasteiger partial charge in [-0.05, 0) is 19.8 Å². The van der Waals surface area contributed by atoms with Crippen LogP contribution in [0.2, 0.25) is 0 Å². The van der Waals surface area contributed by atoms with Gasteiger partial charge in [0.2, 0.25) is 5.95 Å². The Morgan fingerprint density at radius 1 is 1.27 bits per heavy atom. The van der Waals surface area contributed by atoms with Gasteiger partial charge >= 0.3 is 0 Å². The van der Waals surface area contributed by atoms with Crippen molar-refractivity contribution >= 4 is 11.8 Å². The molecule has 0 radical (unpaired) electrons. The fraction of sp³-hybridized carbons (Fsp3) is 0.636. The van der Waals surface area contributed by atoms with Crippen LogP contribution in [-0.4, -0.2) is 16.5 Å². The SMILES string of the molecule is CCCCNc1nc(N)nc(C)c1CC. The number of anilines is 2. The largest absolute Gasteiger partial charge is 0.370 e. The molecule has 0 spiro atoms. The molecule has 0 saturated heterocycles. The lowest BCUT2D eigenvalue weighted by Gasteiger charge is -2.11. The fourth-order valence-electron chi connectivity index (χ4n) is 1.57. The average Bonchev–Trinajstić information content (AvgIpc) is 2.17. The van der Waals surface area contributed by atoms with Crippen LogP contribution >= 0.6 is 0 Å². The van der Waals surface area contributed by atoms with E-state index in [0.29, 0.717) is 5.95 Å². The minimum Gasteiger partial charge on any atom is -0.370 e. The van der Waals surface area contributed by atoms with Crippen LogP contribution in [0.5, 0.6) is 0 Å². The standard InChI is InChI=1S/C11H20N4/c1-4-6-7-13-10-9(5-2)8(3)14-11(12)15-10/h4-7H2,1-3H3,(H3,12,13,14,15). The second-order valence-electron chi connectivity index (χ2n) is 3.63. The van der Waals surface area contributed by atoms with Gasteiger partial charge in [0, 0.05) is 17.8 Å². The number of hydrogen-bond donors (Lipinski definition) is 2. The molecule has 4 heteroatoms. The zero-order chi connectivity index (χ0) is 11.3. The predicted molar refractivity (Wildman–Crippen MR) is 64.0 cm³/mol. The summed E-state index contributed by atoms with van der Waals surface area (Å²) in [7, 11) is 0. The lowest BCUT2D eigenvalue weighted by molar-refractivity contribution is 0.827. The van der Waals surface area contributed by atoms with Crippen molar-refractivity contribution in [2.75, 3.05) is 17.6 Å². The number of nitrogen functional groups attached to an aromatic ring is 1. The molecule has 15 heavy (non-hydrogen) atoms. The van der Waals surface area contributed by atoms with Crippen molar-refractivity contribution in [3.05, 3.63) is 11.3 Å². The molecule has 0 aliphatic rings. The third kappa shape index (κ3) is 3.08. The van der Waals surface area contributed by atoms with E-state index in [1.54, 1.807) is 0 Å². The van der Waals surface area contributed by atoms with Crippen molar-refractivity contribution in [2.45, 2.75) is 40.0 Å². The van der Waals surface area contributed by atoms with E-state index in [2.05, 4.69) is 29.1 Å². The van der Waals surface area contributed by atoms with Gasteiger partial charge in [-0.1, -0.05) is 20.3 Å². The molecule has 0 atom stereocenters. The van der Waals surface area contributed by atoms with E-state index in [9.17, 15) is 0 Å². The zero-order valence-electron chi connectivity index (χ0n) is 9.80. The van der Waals surface area contributed by atoms with Crippen molar-refractivity contribution in [2.24, 2.45) is 0 Å². The highest BCUT2D eigenvalue weighted by molar-refractivity contribution is 5.49. The Morgan fingerprint density at radius 3 is 2.60 bits per heavy atom. The molecule has 0 saturated carbocycles. The Labute approximate surface area is 91.3 Å². The molecule has 1 aromatic rings. The van der Waals surface area contributed by atoms with E-state index >= 15 is 0 Å². The first-order chi connectivity index (χ1) is 7.19. The van der Waals surface area contributed by atoms with Crippen LogP contribution in [0.4, 0.5) is 11.8 Å². The number of aromatic nitrogens is 2. The molecule has 0 bridgehead atoms. The quantitative estimate of drug-likeness (QED) is 0.728. The van der Waals surface area contributed by atoms with Crippen LogP contribution < -0.4 is 11.1 Å². The van der Waals surface area contributed by atoms with Crippen molar-refractivity contribution in [1.29, 1.82) is 0 Å². The maximum atomic E-state index is 5.63. The lowest BCUT2D eigenvalue weighted by atomic mass is 10.1. The molecule has 0 unspecified atom stereocenters. The van der Waals surface area contributed by atoms with E-state index in [0.717, 1.165) is 30.9 Å². The van der Waals surface area contributed by atoms with Crippen LogP contribution in [0.15, 0.2) is 0 Å². The van der Waals surface area contributed by atoms with Crippen molar-refractivity contribution in [3.8, 4) is 0 Å². The van der Waals surface area contributed by atoms with Crippen LogP contribution in [0.3, 0.4) is 0 Å². The van der Waals surface area contributed by atoms with Crippen LogP contribution in [0, 0.1) is 6.92 Å². The predicted octanol–water partition coefficient (Wildman–Crippen LogP) is 2.14. The van der Waals surface area contributed by atoms with Gasteiger partial charge in [-0.15, -0.1) is 0 Å². The molecule has 84 valence electrons. The second-order valence-corrected chi connectivity index (χ2v) is 3.63. The van der Waals surface area contributed by atoms with Gasteiger partial charge in [-0.3, -0.25) is 0 Å². The van der Waals surface area contributed by atoms with E-state index in [1.165, 1.54) is 12.0 Å². The molecule has 1 rings (SSSR count). The Hall–Kier alpha value is -1.32. The summed E-state index contributed by atoms with van der Waals surface area (Å²) >= 11 is 0. The Bertz CT molecular complexity index is 323. The number of nitrogens with zero attached hydrogens (tertiary/aromatic N) is 2. The van der Waals surface area contributed by atoms with Crippen molar-refractivity contribution in [1.82, 2.24) is 9.97 Å². The molecule has 4 nitrogen and oxygen atoms in total. The summed E-state index contributed by atoms with van der Waals surface area (Å²) in [6, 6.07) is 0. The second kappa shape index (κ2) is 5.53. The molecular formula is C11H20N4. The number of unbranched alkanes of at least 4 members (excludes halogenated alkanes) is 1. The minimum atomic E-state index is 0.351. The van der Waals surface area contributed by atoms with Crippen LogP contribution in [0.25, 0.3) is 0 Å². The Kier molecular flexibility index (Phi) is 4.34. The number of hydrogen-bond acceptors (Lipinski definition) is 4. The summed E-state index contributed by atoms with van der Waals surface area (Å²) in [5.41, 5.74) is 7.77. The van der Waals surface area contributed by atoms with Gasteiger partial charge in [-0.2, -0.15) is 4.98 Å². The van der Waals surface area contributed by atoms with Crippen LogP contribution in [0.1, 0.15) is 37.9 Å². The van der Waals surface area contributed by atoms with Gasteiger partial charge in [0.05, 0.1) is 0 Å². The first-order valence-electron chi connectivity index (χ1n) is 5.55. The molecule has 0 amide bonds. The van der Waals surface area contributed by atoms with Gasteiger partial charge in [0.1, 0.15) is 5.82 Å². The normalized spacial score (nSPS) is 10.3. The number of rotatable bonds is 5. The molecule has 0 aliphatic carbocycles. The third-order valence-corrected chi connectivity index (χ3v) is 2.41. The van der Waals surface area contributed by atoms with E-state index < -0.39 is 0 Å². The first kappa shape index (κ1) is 11.8. The number of nitrogens with two attached hydrogens (primary N) is 1. The summed E-state index contributed by atoms with van der Waals surface area (Å²) in [5, 5.41) is 3.32. The smallest absolute Gasteiger partial charge is 0.222 e. The molecule has 0 aliphatic heterocycles.